The minimum Gasteiger partial charge on any atom is -0.372 e. The number of fused-ring (bicyclic) bond motifs is 2. The van der Waals surface area contributed by atoms with Crippen molar-refractivity contribution < 1.29 is 9.53 Å². The van der Waals surface area contributed by atoms with Gasteiger partial charge in [-0.05, 0) is 32.6 Å². The van der Waals surface area contributed by atoms with Crippen molar-refractivity contribution in [2.45, 2.75) is 64.2 Å². The van der Waals surface area contributed by atoms with Crippen molar-refractivity contribution in [1.29, 1.82) is 0 Å². The summed E-state index contributed by atoms with van der Waals surface area (Å²) in [6, 6.07) is 0. The first-order chi connectivity index (χ1) is 11.8. The van der Waals surface area contributed by atoms with E-state index >= 15 is 0 Å². The molecule has 138 valence electrons. The maximum Gasteiger partial charge on any atom is 0.254 e. The van der Waals surface area contributed by atoms with Crippen LogP contribution in [0.4, 0.5) is 0 Å². The maximum absolute atomic E-state index is 12.5. The van der Waals surface area contributed by atoms with Crippen LogP contribution in [0.15, 0.2) is 4.79 Å². The molecule has 1 aliphatic carbocycles. The molecule has 0 aromatic carbocycles. The van der Waals surface area contributed by atoms with E-state index in [-0.39, 0.29) is 28.9 Å². The molecule has 1 aromatic heterocycles. The molecule has 6 heteroatoms. The molecule has 0 bridgehead atoms. The summed E-state index contributed by atoms with van der Waals surface area (Å²) in [6.07, 6.45) is 3.49. The molecule has 25 heavy (non-hydrogen) atoms. The van der Waals surface area contributed by atoms with Gasteiger partial charge in [-0.15, -0.1) is 0 Å². The number of nitrogens with one attached hydrogen (secondary N) is 1. The minimum absolute atomic E-state index is 0.0154. The van der Waals surface area contributed by atoms with Gasteiger partial charge in [-0.1, -0.05) is 20.8 Å². The smallest absolute Gasteiger partial charge is 0.254 e. The highest BCUT2D eigenvalue weighted by atomic mass is 16.5. The van der Waals surface area contributed by atoms with Crippen molar-refractivity contribution in [3.05, 3.63) is 27.4 Å². The van der Waals surface area contributed by atoms with Gasteiger partial charge in [0.25, 0.3) is 5.56 Å². The van der Waals surface area contributed by atoms with Crippen LogP contribution < -0.4 is 5.56 Å². The fraction of sp³-hybridized carbons (Fsp3) is 0.737. The fourth-order valence-electron chi connectivity index (χ4n) is 3.96. The first kappa shape index (κ1) is 18.1. The number of ether oxygens (including phenoxy) is 1. The molecule has 2 aliphatic rings. The van der Waals surface area contributed by atoms with E-state index in [9.17, 15) is 9.59 Å². The predicted molar refractivity (Wildman–Crippen MR) is 95.9 cm³/mol. The zero-order chi connectivity index (χ0) is 18.2. The number of aromatic nitrogens is 2. The molecule has 2 heterocycles. The summed E-state index contributed by atoms with van der Waals surface area (Å²) in [6.45, 7) is 10.2. The fourth-order valence-corrected chi connectivity index (χ4v) is 3.96. The topological polar surface area (TPSA) is 75.3 Å². The lowest BCUT2D eigenvalue weighted by molar-refractivity contribution is -0.137. The second-order valence-corrected chi connectivity index (χ2v) is 8.29. The lowest BCUT2D eigenvalue weighted by atomic mass is 9.76. The van der Waals surface area contributed by atoms with Gasteiger partial charge in [0.2, 0.25) is 5.91 Å². The predicted octanol–water partition coefficient (Wildman–Crippen LogP) is 1.91. The Balaban J connectivity index is 1.82. The number of amides is 1. The maximum atomic E-state index is 12.5. The summed E-state index contributed by atoms with van der Waals surface area (Å²) in [5.74, 6) is 0.816. The van der Waals surface area contributed by atoms with Crippen LogP contribution in [0.5, 0.6) is 0 Å². The van der Waals surface area contributed by atoms with Gasteiger partial charge in [0.05, 0.1) is 5.69 Å². The van der Waals surface area contributed by atoms with Gasteiger partial charge in [0.15, 0.2) is 0 Å². The van der Waals surface area contributed by atoms with Crippen molar-refractivity contribution >= 4 is 5.91 Å². The van der Waals surface area contributed by atoms with E-state index in [2.05, 4.69) is 25.8 Å². The Morgan fingerprint density at radius 2 is 1.96 bits per heavy atom. The molecule has 1 aromatic rings. The molecule has 0 saturated carbocycles. The highest BCUT2D eigenvalue weighted by molar-refractivity contribution is 5.77. The quantitative estimate of drug-likeness (QED) is 0.906. The summed E-state index contributed by atoms with van der Waals surface area (Å²) in [5.41, 5.74) is 1.61. The zero-order valence-electron chi connectivity index (χ0n) is 15.8. The van der Waals surface area contributed by atoms with E-state index in [1.54, 1.807) is 0 Å². The molecular weight excluding hydrogens is 318 g/mol. The third kappa shape index (κ3) is 3.36. The van der Waals surface area contributed by atoms with Crippen LogP contribution in [0.25, 0.3) is 0 Å². The van der Waals surface area contributed by atoms with Crippen molar-refractivity contribution in [1.82, 2.24) is 14.9 Å². The van der Waals surface area contributed by atoms with E-state index in [1.807, 2.05) is 11.8 Å². The molecule has 1 N–H and O–H groups in total. The summed E-state index contributed by atoms with van der Waals surface area (Å²) in [4.78, 5) is 34.5. The highest BCUT2D eigenvalue weighted by Crippen LogP contribution is 2.44. The summed E-state index contributed by atoms with van der Waals surface area (Å²) < 4.78 is 5.24. The monoisotopic (exact) mass is 347 g/mol. The third-order valence-corrected chi connectivity index (χ3v) is 5.58. The molecule has 1 spiro atoms. The Morgan fingerprint density at radius 3 is 2.56 bits per heavy atom. The molecule has 1 aliphatic heterocycles. The number of H-pyrrole nitrogens is 1. The number of aromatic amines is 1. The van der Waals surface area contributed by atoms with E-state index in [4.69, 9.17) is 9.72 Å². The first-order valence-electron chi connectivity index (χ1n) is 9.26. The molecule has 6 nitrogen and oxygen atoms in total. The Morgan fingerprint density at radius 1 is 1.28 bits per heavy atom. The van der Waals surface area contributed by atoms with Crippen molar-refractivity contribution in [2.75, 3.05) is 26.3 Å². The largest absolute Gasteiger partial charge is 0.372 e. The molecule has 0 radical (unpaired) electrons. The number of piperidine rings is 1. The summed E-state index contributed by atoms with van der Waals surface area (Å²) >= 11 is 0. The zero-order valence-corrected chi connectivity index (χ0v) is 15.8. The van der Waals surface area contributed by atoms with Gasteiger partial charge < -0.3 is 14.6 Å². The van der Waals surface area contributed by atoms with Crippen LogP contribution >= 0.6 is 0 Å². The van der Waals surface area contributed by atoms with E-state index in [0.29, 0.717) is 19.7 Å². The van der Waals surface area contributed by atoms with Gasteiger partial charge in [-0.25, -0.2) is 4.98 Å². The Kier molecular flexibility index (Phi) is 4.75. The van der Waals surface area contributed by atoms with Crippen LogP contribution in [0.3, 0.4) is 0 Å². The lowest BCUT2D eigenvalue weighted by Gasteiger charge is -2.39. The van der Waals surface area contributed by atoms with Gasteiger partial charge in [0.1, 0.15) is 12.4 Å². The van der Waals surface area contributed by atoms with Crippen LogP contribution in [0.1, 0.15) is 64.0 Å². The van der Waals surface area contributed by atoms with Gasteiger partial charge in [-0.3, -0.25) is 9.59 Å². The number of rotatable bonds is 3. The Labute approximate surface area is 149 Å². The molecule has 0 unspecified atom stereocenters. The molecule has 0 atom stereocenters. The molecule has 1 saturated heterocycles. The first-order valence-corrected chi connectivity index (χ1v) is 9.26. The minimum atomic E-state index is -0.188. The number of carbonyl (C=O) groups is 1. The van der Waals surface area contributed by atoms with Crippen molar-refractivity contribution in [3.63, 3.8) is 0 Å². The molecule has 3 rings (SSSR count). The second-order valence-electron chi connectivity index (χ2n) is 8.29. The highest BCUT2D eigenvalue weighted by Gasteiger charge is 2.45. The Hall–Kier alpha value is -1.69. The van der Waals surface area contributed by atoms with E-state index in [1.165, 1.54) is 0 Å². The lowest BCUT2D eigenvalue weighted by Crippen LogP contribution is -2.46. The number of hydrogen-bond acceptors (Lipinski definition) is 4. The van der Waals surface area contributed by atoms with Crippen LogP contribution in [0, 0.1) is 0 Å². The van der Waals surface area contributed by atoms with Gasteiger partial charge >= 0.3 is 0 Å². The molecular formula is C19H29N3O3. The summed E-state index contributed by atoms with van der Waals surface area (Å²) in [5, 5.41) is 0. The number of hydrogen-bond donors (Lipinski definition) is 1. The average Bonchev–Trinajstić information content (AvgIpc) is 2.92. The third-order valence-electron chi connectivity index (χ3n) is 5.58. The van der Waals surface area contributed by atoms with E-state index < -0.39 is 0 Å². The second kappa shape index (κ2) is 6.56. The van der Waals surface area contributed by atoms with Crippen LogP contribution in [-0.2, 0) is 26.8 Å². The van der Waals surface area contributed by atoms with E-state index in [0.717, 1.165) is 42.8 Å². The van der Waals surface area contributed by atoms with Crippen molar-refractivity contribution in [2.24, 2.45) is 0 Å². The normalized spacial score (nSPS) is 19.3. The summed E-state index contributed by atoms with van der Waals surface area (Å²) in [7, 11) is 0. The number of likely N-dealkylation sites (tertiary alicyclic amines) is 1. The van der Waals surface area contributed by atoms with Crippen LogP contribution in [-0.4, -0.2) is 47.1 Å². The number of carbonyl (C=O) groups excluding carboxylic acids is 1. The van der Waals surface area contributed by atoms with Crippen molar-refractivity contribution in [3.8, 4) is 0 Å². The SMILES string of the molecule is CCOCC(=O)N1CCC2(CCc3c2nc(C(C)(C)C)[nH]c3=O)CC1. The van der Waals surface area contributed by atoms with Gasteiger partial charge in [-0.2, -0.15) is 0 Å². The number of nitrogens with zero attached hydrogens (tertiary/aromatic N) is 2. The standard InChI is InChI=1S/C19H29N3O3/c1-5-25-12-14(23)22-10-8-19(9-11-22)7-6-13-15(19)20-17(18(2,3)4)21-16(13)24/h5-12H2,1-4H3,(H,20,21,24). The van der Waals surface area contributed by atoms with Crippen LogP contribution in [0.2, 0.25) is 0 Å². The Bertz CT molecular complexity index is 710. The average molecular weight is 347 g/mol. The molecule has 1 fully saturated rings. The molecule has 1 amide bonds. The van der Waals surface area contributed by atoms with Gasteiger partial charge in [0, 0.05) is 36.1 Å².